The molecule has 166 valence electrons. The minimum atomic E-state index is -3.71. The molecule has 0 aliphatic carbocycles. The normalized spacial score (nSPS) is 15.2. The van der Waals surface area contributed by atoms with Gasteiger partial charge in [0.1, 0.15) is 23.6 Å². The van der Waals surface area contributed by atoms with Crippen LogP contribution in [0.4, 0.5) is 5.69 Å². The van der Waals surface area contributed by atoms with Crippen LogP contribution in [0.5, 0.6) is 11.5 Å². The van der Waals surface area contributed by atoms with Gasteiger partial charge in [0, 0.05) is 11.5 Å². The number of amides is 1. The summed E-state index contributed by atoms with van der Waals surface area (Å²) in [6.45, 7) is 1.50. The maximum Gasteiger partial charge on any atom is 0.263 e. The molecule has 1 unspecified atom stereocenters. The second-order valence-corrected chi connectivity index (χ2v) is 9.95. The number of nitrogens with zero attached hydrogens (tertiary/aromatic N) is 2. The van der Waals surface area contributed by atoms with Gasteiger partial charge in [0.2, 0.25) is 10.0 Å². The summed E-state index contributed by atoms with van der Waals surface area (Å²) in [7, 11) is -2.19. The number of carbonyl (C=O) groups is 1. The summed E-state index contributed by atoms with van der Waals surface area (Å²) in [6.07, 6.45) is 2.82. The van der Waals surface area contributed by atoms with Crippen LogP contribution in [0.2, 0.25) is 0 Å². The van der Waals surface area contributed by atoms with Crippen molar-refractivity contribution < 1.29 is 22.7 Å². The third-order valence-corrected chi connectivity index (χ3v) is 7.05. The summed E-state index contributed by atoms with van der Waals surface area (Å²) in [6, 6.07) is 12.8. The van der Waals surface area contributed by atoms with E-state index in [1.54, 1.807) is 24.3 Å². The summed E-state index contributed by atoms with van der Waals surface area (Å²) in [4.78, 5) is 12.6. The lowest BCUT2D eigenvalue weighted by atomic mass is 10.2. The van der Waals surface area contributed by atoms with Crippen molar-refractivity contribution in [2.24, 2.45) is 5.10 Å². The smallest absolute Gasteiger partial charge is 0.263 e. The molecule has 1 fully saturated rings. The van der Waals surface area contributed by atoms with E-state index in [1.165, 1.54) is 20.2 Å². The molecule has 2 aromatic carbocycles. The van der Waals surface area contributed by atoms with Crippen LogP contribution in [0.1, 0.15) is 12.5 Å². The average molecular weight is 464 g/mol. The van der Waals surface area contributed by atoms with Crippen molar-refractivity contribution in [1.29, 1.82) is 0 Å². The molecule has 1 N–H and O–H groups in total. The zero-order valence-electron chi connectivity index (χ0n) is 17.5. The van der Waals surface area contributed by atoms with Crippen molar-refractivity contribution in [1.82, 2.24) is 5.43 Å². The molecule has 1 aliphatic heterocycles. The van der Waals surface area contributed by atoms with Crippen LogP contribution < -0.4 is 19.2 Å². The summed E-state index contributed by atoms with van der Waals surface area (Å²) >= 11 is 1.85. The third-order valence-electron chi connectivity index (χ3n) is 4.59. The number of thioether (sulfide) groups is 1. The fourth-order valence-electron chi connectivity index (χ4n) is 2.91. The molecule has 2 aromatic rings. The number of hydrogen-bond acceptors (Lipinski definition) is 7. The van der Waals surface area contributed by atoms with Crippen LogP contribution in [-0.2, 0) is 14.8 Å². The molecule has 8 nitrogen and oxygen atoms in total. The molecule has 1 aliphatic rings. The zero-order valence-corrected chi connectivity index (χ0v) is 19.2. The van der Waals surface area contributed by atoms with Crippen LogP contribution in [0.3, 0.4) is 0 Å². The molecular weight excluding hydrogens is 438 g/mol. The van der Waals surface area contributed by atoms with E-state index in [1.807, 2.05) is 36.0 Å². The Bertz CT molecular complexity index is 1020. The van der Waals surface area contributed by atoms with Crippen LogP contribution in [-0.4, -0.2) is 57.6 Å². The Balaban J connectivity index is 1.63. The molecule has 0 radical (unpaired) electrons. The number of hydrogen-bond donors (Lipinski definition) is 1. The molecule has 1 amide bonds. The van der Waals surface area contributed by atoms with E-state index in [-0.39, 0.29) is 6.10 Å². The lowest BCUT2D eigenvalue weighted by Gasteiger charge is -2.27. The van der Waals surface area contributed by atoms with Gasteiger partial charge in [-0.05, 0) is 61.0 Å². The summed E-state index contributed by atoms with van der Waals surface area (Å²) < 4.78 is 36.6. The highest BCUT2D eigenvalue weighted by Crippen LogP contribution is 2.25. The first-order valence-electron chi connectivity index (χ1n) is 9.59. The van der Waals surface area contributed by atoms with E-state index in [4.69, 9.17) is 9.47 Å². The van der Waals surface area contributed by atoms with E-state index >= 15 is 0 Å². The summed E-state index contributed by atoms with van der Waals surface area (Å²) in [5.41, 5.74) is 3.54. The van der Waals surface area contributed by atoms with E-state index in [0.717, 1.165) is 33.4 Å². The van der Waals surface area contributed by atoms with Crippen LogP contribution in [0, 0.1) is 0 Å². The Morgan fingerprint density at radius 3 is 2.29 bits per heavy atom. The van der Waals surface area contributed by atoms with E-state index in [0.29, 0.717) is 11.4 Å². The van der Waals surface area contributed by atoms with Gasteiger partial charge in [0.15, 0.2) is 0 Å². The molecule has 0 saturated carbocycles. The van der Waals surface area contributed by atoms with E-state index in [2.05, 4.69) is 10.5 Å². The number of hydrazone groups is 1. The molecule has 10 heteroatoms. The van der Waals surface area contributed by atoms with Gasteiger partial charge in [-0.3, -0.25) is 9.10 Å². The molecule has 1 heterocycles. The molecule has 3 rings (SSSR count). The Morgan fingerprint density at radius 1 is 1.16 bits per heavy atom. The summed E-state index contributed by atoms with van der Waals surface area (Å²) in [5, 5.41) is 3.96. The SMILES string of the molecule is COc1ccc(N(C(C)C(=O)NN=Cc2ccc(OC3CSC3)cc2)S(C)(=O)=O)cc1. The Kier molecular flexibility index (Phi) is 7.45. The number of benzene rings is 2. The average Bonchev–Trinajstić information content (AvgIpc) is 2.71. The number of anilines is 1. The van der Waals surface area contributed by atoms with Crippen molar-refractivity contribution in [3.05, 3.63) is 54.1 Å². The maximum absolute atomic E-state index is 12.6. The molecular formula is C21H25N3O5S2. The van der Waals surface area contributed by atoms with Gasteiger partial charge in [-0.25, -0.2) is 13.8 Å². The standard InChI is InChI=1S/C21H25N3O5S2/c1-15(24(31(3,26)27)17-6-10-18(28-2)11-7-17)21(25)23-22-12-16-4-8-19(9-5-16)29-20-13-30-14-20/h4-12,15,20H,13-14H2,1-3H3,(H,23,25). The second kappa shape index (κ2) is 10.1. The Morgan fingerprint density at radius 2 is 1.77 bits per heavy atom. The first-order chi connectivity index (χ1) is 14.8. The van der Waals surface area contributed by atoms with Gasteiger partial charge in [-0.1, -0.05) is 0 Å². The molecule has 1 saturated heterocycles. The third kappa shape index (κ3) is 6.14. The summed E-state index contributed by atoms with van der Waals surface area (Å²) in [5.74, 6) is 2.84. The quantitative estimate of drug-likeness (QED) is 0.453. The largest absolute Gasteiger partial charge is 0.497 e. The Labute approximate surface area is 186 Å². The van der Waals surface area contributed by atoms with Gasteiger partial charge in [0.05, 0.1) is 25.3 Å². The molecule has 0 spiro atoms. The van der Waals surface area contributed by atoms with Crippen LogP contribution in [0.25, 0.3) is 0 Å². The maximum atomic E-state index is 12.6. The minimum Gasteiger partial charge on any atom is -0.497 e. The van der Waals surface area contributed by atoms with Crippen LogP contribution >= 0.6 is 11.8 Å². The lowest BCUT2D eigenvalue weighted by molar-refractivity contribution is -0.121. The number of methoxy groups -OCH3 is 1. The van der Waals surface area contributed by atoms with Gasteiger partial charge >= 0.3 is 0 Å². The number of carbonyl (C=O) groups excluding carboxylic acids is 1. The topological polar surface area (TPSA) is 97.3 Å². The zero-order chi connectivity index (χ0) is 22.4. The van der Waals surface area contributed by atoms with Crippen molar-refractivity contribution in [3.63, 3.8) is 0 Å². The fraction of sp³-hybridized carbons (Fsp3) is 0.333. The van der Waals surface area contributed by atoms with Crippen molar-refractivity contribution in [3.8, 4) is 11.5 Å². The highest BCUT2D eigenvalue weighted by molar-refractivity contribution is 8.00. The van der Waals surface area contributed by atoms with Gasteiger partial charge < -0.3 is 9.47 Å². The van der Waals surface area contributed by atoms with Crippen molar-refractivity contribution >= 4 is 39.6 Å². The number of nitrogens with one attached hydrogen (secondary N) is 1. The molecule has 0 bridgehead atoms. The second-order valence-electron chi connectivity index (χ2n) is 7.01. The lowest BCUT2D eigenvalue weighted by Crippen LogP contribution is -2.46. The first kappa shape index (κ1) is 23.0. The predicted octanol–water partition coefficient (Wildman–Crippen LogP) is 2.49. The van der Waals surface area contributed by atoms with Crippen molar-refractivity contribution in [2.75, 3.05) is 29.2 Å². The first-order valence-corrected chi connectivity index (χ1v) is 12.6. The van der Waals surface area contributed by atoms with Gasteiger partial charge in [0.25, 0.3) is 5.91 Å². The highest BCUT2D eigenvalue weighted by Gasteiger charge is 2.29. The monoisotopic (exact) mass is 463 g/mol. The van der Waals surface area contributed by atoms with Crippen LogP contribution in [0.15, 0.2) is 53.6 Å². The minimum absolute atomic E-state index is 0.272. The van der Waals surface area contributed by atoms with E-state index < -0.39 is 22.0 Å². The highest BCUT2D eigenvalue weighted by atomic mass is 32.2. The Hall–Kier alpha value is -2.72. The van der Waals surface area contributed by atoms with E-state index in [9.17, 15) is 13.2 Å². The number of ether oxygens (including phenoxy) is 2. The number of sulfonamides is 1. The number of rotatable bonds is 9. The van der Waals surface area contributed by atoms with Gasteiger partial charge in [-0.15, -0.1) is 0 Å². The van der Waals surface area contributed by atoms with Gasteiger partial charge in [-0.2, -0.15) is 16.9 Å². The molecule has 1 atom stereocenters. The molecule has 0 aromatic heterocycles. The van der Waals surface area contributed by atoms with Crippen molar-refractivity contribution in [2.45, 2.75) is 19.1 Å². The fourth-order valence-corrected chi connectivity index (χ4v) is 4.65. The molecule has 31 heavy (non-hydrogen) atoms. The predicted molar refractivity (Wildman–Crippen MR) is 124 cm³/mol.